The van der Waals surface area contributed by atoms with Gasteiger partial charge in [0.2, 0.25) is 28.6 Å². The molecule has 25 rings (SSSR count). The molecule has 28 nitrogen and oxygen atoms in total. The molecule has 5 aliphatic heterocycles. The van der Waals surface area contributed by atoms with Gasteiger partial charge in [-0.25, -0.2) is 64.8 Å². The molecule has 0 radical (unpaired) electrons. The quantitative estimate of drug-likeness (QED) is 0.130. The SMILES string of the molecule is [2H]C(C)(C)N1c2ncccc2N(c2c(C)ccc3c2oc2nc(C)ccc23)C1C.[2H]C(C)(C)N1c2nccnc2N(c2c(C)ccc3c2oc2nc(C)ccc23)C1C.[2H]C([2H])([2H])C([2H])(C)N1c2ncccc2N(c2c(C)ccc3c2oc2nc(C)ccc23)C1C.[2H]C([2H])([2H])C([2H])(C)N1c2nccnc2N(c2c(C)ccc3c2oc2nc(C)ccc23)C1C.[2H]C([2H])([2H])N1c2nccnc2N(c2c(C)ccc3c2oc2nc(C)ccc23)C1C. The van der Waals surface area contributed by atoms with E-state index in [0.717, 1.165) is 173 Å². The zero-order chi connectivity index (χ0) is 107. The average molecular weight is 1850 g/mol. The van der Waals surface area contributed by atoms with Gasteiger partial charge in [-0.1, -0.05) is 60.7 Å². The van der Waals surface area contributed by atoms with Crippen LogP contribution >= 0.6 is 0 Å². The summed E-state index contributed by atoms with van der Waals surface area (Å²) in [6.45, 7) is 32.4. The van der Waals surface area contributed by atoms with Gasteiger partial charge in [-0.3, -0.25) is 14.7 Å². The number of aromatic nitrogens is 13. The summed E-state index contributed by atoms with van der Waals surface area (Å²) in [6, 6.07) is 42.8. The molecule has 5 aliphatic rings. The van der Waals surface area contributed by atoms with Crippen LogP contribution in [0.1, 0.15) is 164 Å². The number of pyridine rings is 7. The van der Waals surface area contributed by atoms with E-state index in [-0.39, 0.29) is 12.3 Å². The lowest BCUT2D eigenvalue weighted by molar-refractivity contribution is 0.597. The van der Waals surface area contributed by atoms with Gasteiger partial charge >= 0.3 is 0 Å². The molecule has 5 aromatic carbocycles. The lowest BCUT2D eigenvalue weighted by atomic mass is 10.1. The van der Waals surface area contributed by atoms with Crippen LogP contribution in [0.25, 0.3) is 110 Å². The number of nitrogens with zero attached hydrogens (tertiary/aromatic N) is 23. The highest BCUT2D eigenvalue weighted by Crippen LogP contribution is 2.55. The zero-order valence-electron chi connectivity index (χ0n) is 93.7. The fourth-order valence-electron chi connectivity index (χ4n) is 20.4. The average Bonchev–Trinajstić information content (AvgIpc) is 1.56. The van der Waals surface area contributed by atoms with Gasteiger partial charge in [0.25, 0.3) is 0 Å². The fourth-order valence-corrected chi connectivity index (χ4v) is 20.4. The van der Waals surface area contributed by atoms with E-state index in [1.165, 1.54) is 36.0 Å². The summed E-state index contributed by atoms with van der Waals surface area (Å²) in [5.41, 5.74) is 22.1. The van der Waals surface area contributed by atoms with Crippen LogP contribution in [-0.2, 0) is 0 Å². The normalized spacial score (nSPS) is 19.3. The highest BCUT2D eigenvalue weighted by molar-refractivity contribution is 6.15. The van der Waals surface area contributed by atoms with Crippen molar-refractivity contribution in [1.82, 2.24) is 64.8 Å². The van der Waals surface area contributed by atoms with E-state index in [1.807, 2.05) is 231 Å². The maximum atomic E-state index is 8.78. The first kappa shape index (κ1) is 74.7. The van der Waals surface area contributed by atoms with Crippen molar-refractivity contribution in [1.29, 1.82) is 0 Å². The van der Waals surface area contributed by atoms with Crippen molar-refractivity contribution in [2.45, 2.75) is 214 Å². The van der Waals surface area contributed by atoms with Crippen molar-refractivity contribution < 1.29 is 39.9 Å². The molecular weight excluding hydrogens is 1720 g/mol. The van der Waals surface area contributed by atoms with Crippen LogP contribution < -0.4 is 49.0 Å². The Balaban J connectivity index is 0.000000110. The summed E-state index contributed by atoms with van der Waals surface area (Å²) in [5.74, 6) is 4.41. The van der Waals surface area contributed by atoms with Gasteiger partial charge in [0, 0.05) is 175 Å². The van der Waals surface area contributed by atoms with Crippen LogP contribution in [-0.4, -0.2) is 127 Å². The van der Waals surface area contributed by atoms with E-state index >= 15 is 0 Å². The number of benzene rings is 5. The van der Waals surface area contributed by atoms with Gasteiger partial charge in [0.05, 0.1) is 45.3 Å². The molecule has 0 fully saturated rings. The molecule has 0 bridgehead atoms. The Labute approximate surface area is 818 Å². The minimum absolute atomic E-state index is 0.0837. The van der Waals surface area contributed by atoms with Gasteiger partial charge in [-0.15, -0.1) is 0 Å². The lowest BCUT2D eigenvalue weighted by Crippen LogP contribution is -2.42. The van der Waals surface area contributed by atoms with Crippen LogP contribution in [0.15, 0.2) is 217 Å². The van der Waals surface area contributed by atoms with Gasteiger partial charge < -0.3 is 56.4 Å². The minimum Gasteiger partial charge on any atom is -0.435 e. The Hall–Kier alpha value is -15.6. The van der Waals surface area contributed by atoms with Crippen molar-refractivity contribution in [3.8, 4) is 0 Å². The van der Waals surface area contributed by atoms with Gasteiger partial charge in [0.1, 0.15) is 30.8 Å². The van der Waals surface area contributed by atoms with Crippen LogP contribution in [0.5, 0.6) is 0 Å². The van der Waals surface area contributed by atoms with Crippen molar-refractivity contribution in [2.24, 2.45) is 0 Å². The van der Waals surface area contributed by atoms with Crippen molar-refractivity contribution in [3.63, 3.8) is 0 Å². The van der Waals surface area contributed by atoms with Crippen molar-refractivity contribution in [2.75, 3.05) is 56.0 Å². The van der Waals surface area contributed by atoms with E-state index < -0.39 is 63.2 Å². The van der Waals surface area contributed by atoms with Gasteiger partial charge in [-0.2, -0.15) is 0 Å². The third-order valence-corrected chi connectivity index (χ3v) is 26.6. The second-order valence-electron chi connectivity index (χ2n) is 36.3. The van der Waals surface area contributed by atoms with Crippen LogP contribution in [0.3, 0.4) is 0 Å². The Morgan fingerprint density at radius 2 is 0.486 bits per heavy atom. The van der Waals surface area contributed by atoms with Crippen molar-refractivity contribution in [3.05, 3.63) is 251 Å². The number of aryl methyl sites for hydroxylation is 10. The highest BCUT2D eigenvalue weighted by Gasteiger charge is 2.45. The molecule has 20 heterocycles. The fraction of sp³-hybridized carbons (Fsp3) is 0.300. The summed E-state index contributed by atoms with van der Waals surface area (Å²) in [5, 5.41) is 9.62. The van der Waals surface area contributed by atoms with E-state index in [4.69, 9.17) is 39.9 Å². The van der Waals surface area contributed by atoms with Crippen LogP contribution in [0.2, 0.25) is 0 Å². The highest BCUT2D eigenvalue weighted by atomic mass is 16.4. The molecule has 0 saturated carbocycles. The van der Waals surface area contributed by atoms with E-state index in [1.54, 1.807) is 42.1 Å². The second-order valence-corrected chi connectivity index (χ2v) is 36.3. The van der Waals surface area contributed by atoms with Crippen LogP contribution in [0, 0.1) is 69.2 Å². The Bertz CT molecular complexity index is 8180. The number of rotatable bonds is 9. The minimum atomic E-state index is -2.56. The predicted molar refractivity (Wildman–Crippen MR) is 556 cm³/mol. The zero-order valence-corrected chi connectivity index (χ0v) is 80.7. The maximum Gasteiger partial charge on any atom is 0.227 e. The molecule has 0 saturated heterocycles. The topological polar surface area (TPSA) is 266 Å². The third-order valence-electron chi connectivity index (χ3n) is 26.6. The summed E-state index contributed by atoms with van der Waals surface area (Å²) in [7, 11) is 0. The van der Waals surface area contributed by atoms with Gasteiger partial charge in [0.15, 0.2) is 74.5 Å². The smallest absolute Gasteiger partial charge is 0.227 e. The molecule has 0 spiro atoms. The summed E-state index contributed by atoms with van der Waals surface area (Å²) < 4.78 is 138. The third kappa shape index (κ3) is 14.4. The molecule has 138 heavy (non-hydrogen) atoms. The molecule has 15 aromatic heterocycles. The van der Waals surface area contributed by atoms with Crippen molar-refractivity contribution >= 4 is 197 Å². The summed E-state index contributed by atoms with van der Waals surface area (Å²) in [4.78, 5) is 77.4. The number of hydrogen-bond donors (Lipinski definition) is 0. The predicted octanol–water partition coefficient (Wildman–Crippen LogP) is 25.9. The Kier molecular flexibility index (Phi) is 18.6. The van der Waals surface area contributed by atoms with Gasteiger partial charge in [-0.05, 0) is 272 Å². The number of hydrogen-bond acceptors (Lipinski definition) is 28. The molecule has 0 amide bonds. The summed E-state index contributed by atoms with van der Waals surface area (Å²) in [6.07, 6.45) is 11.2. The van der Waals surface area contributed by atoms with E-state index in [2.05, 4.69) is 145 Å². The number of fused-ring (bicyclic) bond motifs is 20. The standard InChI is InChI=1S/2C23H24N4O.2C22H23N5O.C20H19N5O/c2*1-13(2)26-16(5)27(19-7-6-12-24-22(19)26)20-14(3)8-10-17-18-11-9-15(4)25-23(18)28-21(17)20;2*1-12(2)26-15(5)27(21-20(26)23-10-11-24-21)18-13(3)6-8-16-17-9-7-14(4)25-22(17)28-19(16)18;1-11-5-7-14-15-8-6-12(2)23-20(15)26-17(14)16(11)25-13(3)24(4)18-19(25)22-10-9-21-18/h2*6-13,16H,1-5H3;2*6-12,15H,1-5H3;5-10,13H,1-4H3/i1D3,13D;13D;1D3,12D;12D;4D3. The number of furan rings is 5. The first-order valence-electron chi connectivity index (χ1n) is 52.6. The molecule has 28 heteroatoms. The first-order valence-corrected chi connectivity index (χ1v) is 46.1. The lowest BCUT2D eigenvalue weighted by Gasteiger charge is -2.33. The summed E-state index contributed by atoms with van der Waals surface area (Å²) >= 11 is 0. The molecule has 20 aromatic rings. The van der Waals surface area contributed by atoms with E-state index in [9.17, 15) is 0 Å². The second kappa shape index (κ2) is 34.3. The maximum absolute atomic E-state index is 8.78. The monoisotopic (exact) mass is 1850 g/mol. The first-order chi connectivity index (χ1) is 71.3. The Morgan fingerprint density at radius 3 is 0.775 bits per heavy atom. The molecular formula is C110H113N23O5. The van der Waals surface area contributed by atoms with E-state index in [0.29, 0.717) is 80.2 Å². The number of anilines is 15. The molecule has 7 unspecified atom stereocenters. The largest absolute Gasteiger partial charge is 0.435 e. The molecule has 698 valence electrons. The molecule has 0 aliphatic carbocycles. The molecule has 7 atom stereocenters. The van der Waals surface area contributed by atoms with Crippen LogP contribution in [0.4, 0.5) is 86.4 Å². The Morgan fingerprint density at radius 1 is 0.254 bits per heavy atom. The molecule has 0 N–H and O–H groups in total.